The molecule has 1 aliphatic rings. The van der Waals surface area contributed by atoms with Crippen molar-refractivity contribution in [1.82, 2.24) is 5.48 Å². The van der Waals surface area contributed by atoms with Crippen molar-refractivity contribution < 1.29 is 19.1 Å². The number of carbonyl (C=O) groups excluding carboxylic acids is 1. The van der Waals surface area contributed by atoms with E-state index in [-0.39, 0.29) is 12.7 Å². The van der Waals surface area contributed by atoms with Gasteiger partial charge in [-0.05, 0) is 13.8 Å². The van der Waals surface area contributed by atoms with Gasteiger partial charge in [0.2, 0.25) is 0 Å². The first-order valence-corrected chi connectivity index (χ1v) is 7.00. The molecule has 0 spiro atoms. The molecule has 6 nitrogen and oxygen atoms in total. The summed E-state index contributed by atoms with van der Waals surface area (Å²) in [4.78, 5) is 21.4. The molecule has 0 saturated heterocycles. The molecule has 2 rings (SSSR count). The van der Waals surface area contributed by atoms with Crippen LogP contribution in [0, 0.1) is 0 Å². The minimum absolute atomic E-state index is 0.148. The number of hydroxylamine groups is 1. The highest BCUT2D eigenvalue weighted by Crippen LogP contribution is 2.06. The summed E-state index contributed by atoms with van der Waals surface area (Å²) in [6, 6.07) is 9.69. The third-order valence-corrected chi connectivity index (χ3v) is 2.98. The van der Waals surface area contributed by atoms with Gasteiger partial charge in [0.1, 0.15) is 12.7 Å². The van der Waals surface area contributed by atoms with Gasteiger partial charge in [-0.2, -0.15) is 0 Å². The zero-order valence-electron chi connectivity index (χ0n) is 12.2. The Balaban J connectivity index is 1.79. The van der Waals surface area contributed by atoms with Crippen LogP contribution in [-0.4, -0.2) is 43.8 Å². The summed E-state index contributed by atoms with van der Waals surface area (Å²) in [6.07, 6.45) is -0.856. The first-order valence-electron chi connectivity index (χ1n) is 7.00. The predicted molar refractivity (Wildman–Crippen MR) is 77.9 cm³/mol. The number of hydrogen-bond donors (Lipinski definition) is 1. The minimum Gasteiger partial charge on any atom is -0.461 e. The molecule has 6 heteroatoms. The molecule has 2 atom stereocenters. The van der Waals surface area contributed by atoms with Gasteiger partial charge >= 0.3 is 5.97 Å². The number of rotatable bonds is 6. The van der Waals surface area contributed by atoms with Crippen LogP contribution >= 0.6 is 0 Å². The number of aliphatic imine (C=N–C) groups is 1. The van der Waals surface area contributed by atoms with Crippen molar-refractivity contribution in [2.24, 2.45) is 4.99 Å². The summed E-state index contributed by atoms with van der Waals surface area (Å²) < 4.78 is 10.3. The van der Waals surface area contributed by atoms with E-state index in [0.717, 1.165) is 5.56 Å². The van der Waals surface area contributed by atoms with Gasteiger partial charge in [-0.15, -0.1) is 0 Å². The molecule has 1 aromatic rings. The van der Waals surface area contributed by atoms with Crippen LogP contribution in [0.25, 0.3) is 0 Å². The number of carbonyl (C=O) groups is 1. The fraction of sp³-hybridized carbons (Fsp3) is 0.467. The molecule has 0 bridgehead atoms. The van der Waals surface area contributed by atoms with Gasteiger partial charge < -0.3 is 9.47 Å². The van der Waals surface area contributed by atoms with E-state index in [9.17, 15) is 4.79 Å². The van der Waals surface area contributed by atoms with Gasteiger partial charge in [0, 0.05) is 12.2 Å². The molecular weight excluding hydrogens is 272 g/mol. The van der Waals surface area contributed by atoms with Crippen molar-refractivity contribution >= 4 is 11.8 Å². The molecule has 1 aromatic carbocycles. The quantitative estimate of drug-likeness (QED) is 0.801. The second-order valence-corrected chi connectivity index (χ2v) is 4.62. The molecule has 0 aliphatic carbocycles. The molecule has 1 N–H and O–H groups in total. The second kappa shape index (κ2) is 7.75. The first kappa shape index (κ1) is 15.5. The Morgan fingerprint density at radius 3 is 2.86 bits per heavy atom. The third-order valence-electron chi connectivity index (χ3n) is 2.98. The molecule has 114 valence electrons. The number of amidine groups is 1. The van der Waals surface area contributed by atoms with Crippen molar-refractivity contribution in [2.75, 3.05) is 19.8 Å². The Labute approximate surface area is 124 Å². The topological polar surface area (TPSA) is 69.2 Å². The highest BCUT2D eigenvalue weighted by molar-refractivity contribution is 5.98. The van der Waals surface area contributed by atoms with Crippen LogP contribution in [0.1, 0.15) is 19.4 Å². The maximum absolute atomic E-state index is 11.6. The molecule has 0 aromatic heterocycles. The second-order valence-electron chi connectivity index (χ2n) is 4.62. The fourth-order valence-corrected chi connectivity index (χ4v) is 1.85. The lowest BCUT2D eigenvalue weighted by molar-refractivity contribution is -0.160. The summed E-state index contributed by atoms with van der Waals surface area (Å²) in [5.74, 6) is 0.291. The SMILES string of the molecule is CCO[C@@H](C)C(=O)OC[C@H]1CN=C(c2ccccc2)NO1. The number of nitrogens with zero attached hydrogens (tertiary/aromatic N) is 1. The van der Waals surface area contributed by atoms with Gasteiger partial charge in [0.15, 0.2) is 11.9 Å². The Bertz CT molecular complexity index is 490. The van der Waals surface area contributed by atoms with Crippen LogP contribution in [0.4, 0.5) is 0 Å². The standard InChI is InChI=1S/C15H20N2O4/c1-3-19-11(2)15(18)20-10-13-9-16-14(17-21-13)12-7-5-4-6-8-12/h4-8,11,13H,3,9-10H2,1-2H3,(H,16,17)/t11-,13+/m0/s1. The van der Waals surface area contributed by atoms with Crippen molar-refractivity contribution in [3.05, 3.63) is 35.9 Å². The summed E-state index contributed by atoms with van der Waals surface area (Å²) >= 11 is 0. The maximum atomic E-state index is 11.6. The molecule has 0 saturated carbocycles. The van der Waals surface area contributed by atoms with E-state index in [1.807, 2.05) is 37.3 Å². The van der Waals surface area contributed by atoms with E-state index in [4.69, 9.17) is 14.3 Å². The van der Waals surface area contributed by atoms with Crippen molar-refractivity contribution in [1.29, 1.82) is 0 Å². The average molecular weight is 292 g/mol. The third kappa shape index (κ3) is 4.54. The van der Waals surface area contributed by atoms with Gasteiger partial charge in [-0.25, -0.2) is 10.3 Å². The number of ether oxygens (including phenoxy) is 2. The lowest BCUT2D eigenvalue weighted by Crippen LogP contribution is -2.40. The largest absolute Gasteiger partial charge is 0.461 e. The monoisotopic (exact) mass is 292 g/mol. The van der Waals surface area contributed by atoms with E-state index >= 15 is 0 Å². The summed E-state index contributed by atoms with van der Waals surface area (Å²) in [5, 5.41) is 0. The zero-order valence-corrected chi connectivity index (χ0v) is 12.2. The van der Waals surface area contributed by atoms with Gasteiger partial charge in [-0.3, -0.25) is 9.83 Å². The Morgan fingerprint density at radius 2 is 2.24 bits per heavy atom. The lowest BCUT2D eigenvalue weighted by atomic mass is 10.2. The molecule has 0 unspecified atom stereocenters. The van der Waals surface area contributed by atoms with E-state index in [1.165, 1.54) is 0 Å². The molecular formula is C15H20N2O4. The van der Waals surface area contributed by atoms with Crippen LogP contribution < -0.4 is 5.48 Å². The highest BCUT2D eigenvalue weighted by Gasteiger charge is 2.21. The highest BCUT2D eigenvalue weighted by atomic mass is 16.7. The first-order chi connectivity index (χ1) is 10.2. The average Bonchev–Trinajstić information content (AvgIpc) is 2.54. The van der Waals surface area contributed by atoms with Crippen LogP contribution in [0.3, 0.4) is 0 Å². The Hall–Kier alpha value is -1.92. The molecule has 0 amide bonds. The Morgan fingerprint density at radius 1 is 1.48 bits per heavy atom. The van der Waals surface area contributed by atoms with Gasteiger partial charge in [-0.1, -0.05) is 30.3 Å². The molecule has 21 heavy (non-hydrogen) atoms. The number of benzene rings is 1. The minimum atomic E-state index is -0.560. The Kier molecular flexibility index (Phi) is 5.71. The van der Waals surface area contributed by atoms with Crippen LogP contribution in [0.5, 0.6) is 0 Å². The summed E-state index contributed by atoms with van der Waals surface area (Å²) in [6.45, 7) is 4.56. The molecule has 1 aliphatic heterocycles. The van der Waals surface area contributed by atoms with Crippen molar-refractivity contribution in [3.8, 4) is 0 Å². The molecule has 1 heterocycles. The van der Waals surface area contributed by atoms with Crippen molar-refractivity contribution in [3.63, 3.8) is 0 Å². The zero-order chi connectivity index (χ0) is 15.1. The summed E-state index contributed by atoms with van der Waals surface area (Å²) in [7, 11) is 0. The normalized spacial score (nSPS) is 19.3. The molecule has 0 fully saturated rings. The summed E-state index contributed by atoms with van der Waals surface area (Å²) in [5.41, 5.74) is 3.75. The van der Waals surface area contributed by atoms with Crippen LogP contribution in [0.2, 0.25) is 0 Å². The lowest BCUT2D eigenvalue weighted by Gasteiger charge is -2.23. The van der Waals surface area contributed by atoms with Gasteiger partial charge in [0.25, 0.3) is 0 Å². The number of esters is 1. The van der Waals surface area contributed by atoms with E-state index in [2.05, 4.69) is 10.5 Å². The predicted octanol–water partition coefficient (Wildman–Crippen LogP) is 1.30. The van der Waals surface area contributed by atoms with Crippen molar-refractivity contribution in [2.45, 2.75) is 26.1 Å². The van der Waals surface area contributed by atoms with Gasteiger partial charge in [0.05, 0.1) is 6.54 Å². The van der Waals surface area contributed by atoms with E-state index < -0.39 is 12.1 Å². The number of nitrogens with one attached hydrogen (secondary N) is 1. The maximum Gasteiger partial charge on any atom is 0.335 e. The fourth-order valence-electron chi connectivity index (χ4n) is 1.85. The number of hydrogen-bond acceptors (Lipinski definition) is 6. The van der Waals surface area contributed by atoms with E-state index in [0.29, 0.717) is 19.0 Å². The molecule has 0 radical (unpaired) electrons. The van der Waals surface area contributed by atoms with Crippen LogP contribution in [0.15, 0.2) is 35.3 Å². The smallest absolute Gasteiger partial charge is 0.335 e. The van der Waals surface area contributed by atoms with Crippen LogP contribution in [-0.2, 0) is 19.1 Å². The van der Waals surface area contributed by atoms with E-state index in [1.54, 1.807) is 6.92 Å².